The number of carbonyl (C=O) groups is 1. The summed E-state index contributed by atoms with van der Waals surface area (Å²) >= 11 is 6.25. The zero-order valence-corrected chi connectivity index (χ0v) is 18.9. The van der Waals surface area contributed by atoms with E-state index >= 15 is 0 Å². The molecule has 2 aromatic carbocycles. The molecule has 168 valence electrons. The highest BCUT2D eigenvalue weighted by Crippen LogP contribution is 2.36. The van der Waals surface area contributed by atoms with Gasteiger partial charge < -0.3 is 24.3 Å². The number of rotatable bonds is 10. The lowest BCUT2D eigenvalue weighted by atomic mass is 10.1. The molecule has 0 fully saturated rings. The molecule has 0 aliphatic heterocycles. The number of pyridine rings is 1. The van der Waals surface area contributed by atoms with Crippen molar-refractivity contribution in [1.82, 2.24) is 10.3 Å². The van der Waals surface area contributed by atoms with Crippen molar-refractivity contribution in [1.29, 1.82) is 0 Å². The summed E-state index contributed by atoms with van der Waals surface area (Å²) < 4.78 is 22.2. The van der Waals surface area contributed by atoms with Gasteiger partial charge in [0.2, 0.25) is 5.88 Å². The van der Waals surface area contributed by atoms with Crippen molar-refractivity contribution in [3.05, 3.63) is 70.9 Å². The number of para-hydroxylation sites is 2. The number of ether oxygens (including phenoxy) is 4. The number of aromatic nitrogens is 1. The van der Waals surface area contributed by atoms with E-state index in [0.29, 0.717) is 52.7 Å². The average Bonchev–Trinajstić information content (AvgIpc) is 2.81. The van der Waals surface area contributed by atoms with Gasteiger partial charge in [0.1, 0.15) is 0 Å². The first kappa shape index (κ1) is 23.2. The van der Waals surface area contributed by atoms with Crippen LogP contribution in [0.5, 0.6) is 28.9 Å². The van der Waals surface area contributed by atoms with Gasteiger partial charge in [-0.3, -0.25) is 4.79 Å². The number of hydrogen-bond donors (Lipinski definition) is 1. The van der Waals surface area contributed by atoms with Crippen LogP contribution in [0.3, 0.4) is 0 Å². The van der Waals surface area contributed by atoms with E-state index < -0.39 is 0 Å². The largest absolute Gasteiger partial charge is 0.493 e. The molecule has 32 heavy (non-hydrogen) atoms. The summed E-state index contributed by atoms with van der Waals surface area (Å²) in [5, 5.41) is 3.16. The molecular weight excluding hydrogens is 432 g/mol. The van der Waals surface area contributed by atoms with E-state index in [0.717, 1.165) is 5.56 Å². The van der Waals surface area contributed by atoms with Gasteiger partial charge in [-0.2, -0.15) is 0 Å². The number of carbonyl (C=O) groups excluding carboxylic acids is 1. The standard InChI is InChI=1S/C24H25ClN2O5/c1-4-30-19-8-6-7-9-20(19)32-22-11-10-16(14-26-22)15-27-24(28)17-12-18(25)23(31-5-2)21(13-17)29-3/h6-14H,4-5,15H2,1-3H3,(H,27,28). The number of halogens is 1. The molecule has 0 bridgehead atoms. The Balaban J connectivity index is 1.63. The number of hydrogen-bond acceptors (Lipinski definition) is 6. The number of benzene rings is 2. The molecule has 0 atom stereocenters. The zero-order chi connectivity index (χ0) is 22.9. The van der Waals surface area contributed by atoms with E-state index in [9.17, 15) is 4.79 Å². The first-order chi connectivity index (χ1) is 15.5. The van der Waals surface area contributed by atoms with E-state index in [1.807, 2.05) is 44.2 Å². The molecule has 0 aliphatic carbocycles. The molecule has 1 heterocycles. The summed E-state index contributed by atoms with van der Waals surface area (Å²) in [6.45, 7) is 5.02. The highest BCUT2D eigenvalue weighted by Gasteiger charge is 2.16. The van der Waals surface area contributed by atoms with Crippen molar-refractivity contribution in [2.75, 3.05) is 20.3 Å². The molecule has 1 aromatic heterocycles. The molecule has 3 aromatic rings. The molecule has 7 nitrogen and oxygen atoms in total. The Morgan fingerprint density at radius 1 is 1.00 bits per heavy atom. The van der Waals surface area contributed by atoms with Crippen LogP contribution in [0.1, 0.15) is 29.8 Å². The minimum absolute atomic E-state index is 0.287. The fourth-order valence-electron chi connectivity index (χ4n) is 2.92. The monoisotopic (exact) mass is 456 g/mol. The van der Waals surface area contributed by atoms with Crippen LogP contribution < -0.4 is 24.3 Å². The average molecular weight is 457 g/mol. The zero-order valence-electron chi connectivity index (χ0n) is 18.2. The van der Waals surface area contributed by atoms with Gasteiger partial charge in [-0.1, -0.05) is 29.8 Å². The van der Waals surface area contributed by atoms with Gasteiger partial charge in [-0.25, -0.2) is 4.98 Å². The van der Waals surface area contributed by atoms with Crippen molar-refractivity contribution >= 4 is 17.5 Å². The Morgan fingerprint density at radius 2 is 1.75 bits per heavy atom. The van der Waals surface area contributed by atoms with Gasteiger partial charge in [0.15, 0.2) is 23.0 Å². The Kier molecular flexibility index (Phi) is 8.16. The second-order valence-electron chi connectivity index (χ2n) is 6.59. The van der Waals surface area contributed by atoms with Crippen LogP contribution in [-0.4, -0.2) is 31.2 Å². The van der Waals surface area contributed by atoms with Crippen LogP contribution in [0.15, 0.2) is 54.7 Å². The van der Waals surface area contributed by atoms with E-state index in [1.54, 1.807) is 24.4 Å². The Hall–Kier alpha value is -3.45. The normalized spacial score (nSPS) is 10.4. The second-order valence-corrected chi connectivity index (χ2v) is 7.00. The first-order valence-corrected chi connectivity index (χ1v) is 10.6. The molecule has 0 saturated heterocycles. The Labute approximate surface area is 192 Å². The molecule has 1 N–H and O–H groups in total. The molecule has 1 amide bonds. The van der Waals surface area contributed by atoms with Crippen LogP contribution in [-0.2, 0) is 6.54 Å². The third-order valence-corrected chi connectivity index (χ3v) is 4.68. The molecular formula is C24H25ClN2O5. The van der Waals surface area contributed by atoms with E-state index in [2.05, 4.69) is 10.3 Å². The Bertz CT molecular complexity index is 1060. The van der Waals surface area contributed by atoms with Gasteiger partial charge in [0.05, 0.1) is 25.3 Å². The van der Waals surface area contributed by atoms with Gasteiger partial charge in [-0.15, -0.1) is 0 Å². The minimum atomic E-state index is -0.292. The fourth-order valence-corrected chi connectivity index (χ4v) is 3.18. The number of nitrogens with zero attached hydrogens (tertiary/aromatic N) is 1. The third kappa shape index (κ3) is 5.82. The molecule has 0 unspecified atom stereocenters. The smallest absolute Gasteiger partial charge is 0.251 e. The van der Waals surface area contributed by atoms with E-state index in [4.69, 9.17) is 30.5 Å². The van der Waals surface area contributed by atoms with Crippen LogP contribution in [0.2, 0.25) is 5.02 Å². The number of methoxy groups -OCH3 is 1. The summed E-state index contributed by atoms with van der Waals surface area (Å²) in [5.41, 5.74) is 1.18. The summed E-state index contributed by atoms with van der Waals surface area (Å²) in [6, 6.07) is 14.1. The summed E-state index contributed by atoms with van der Waals surface area (Å²) in [6.07, 6.45) is 1.64. The van der Waals surface area contributed by atoms with Crippen molar-refractivity contribution in [3.8, 4) is 28.9 Å². The maximum atomic E-state index is 12.6. The summed E-state index contributed by atoms with van der Waals surface area (Å²) in [5.74, 6) is 2.19. The van der Waals surface area contributed by atoms with Crippen molar-refractivity contribution in [3.63, 3.8) is 0 Å². The molecule has 8 heteroatoms. The first-order valence-electron chi connectivity index (χ1n) is 10.2. The fraction of sp³-hybridized carbons (Fsp3) is 0.250. The lowest BCUT2D eigenvalue weighted by molar-refractivity contribution is 0.0950. The number of nitrogens with one attached hydrogen (secondary N) is 1. The van der Waals surface area contributed by atoms with Crippen molar-refractivity contribution in [2.45, 2.75) is 20.4 Å². The summed E-state index contributed by atoms with van der Waals surface area (Å²) in [7, 11) is 1.50. The van der Waals surface area contributed by atoms with E-state index in [1.165, 1.54) is 7.11 Å². The van der Waals surface area contributed by atoms with Gasteiger partial charge in [0, 0.05) is 24.4 Å². The topological polar surface area (TPSA) is 78.9 Å². The van der Waals surface area contributed by atoms with E-state index in [-0.39, 0.29) is 12.5 Å². The highest BCUT2D eigenvalue weighted by molar-refractivity contribution is 6.32. The lowest BCUT2D eigenvalue weighted by Crippen LogP contribution is -2.23. The predicted octanol–water partition coefficient (Wildman–Crippen LogP) is 5.26. The van der Waals surface area contributed by atoms with Gasteiger partial charge in [0.25, 0.3) is 5.91 Å². The third-order valence-electron chi connectivity index (χ3n) is 4.39. The maximum Gasteiger partial charge on any atom is 0.251 e. The Morgan fingerprint density at radius 3 is 2.41 bits per heavy atom. The maximum absolute atomic E-state index is 12.6. The molecule has 0 spiro atoms. The van der Waals surface area contributed by atoms with Gasteiger partial charge >= 0.3 is 0 Å². The van der Waals surface area contributed by atoms with Crippen LogP contribution in [0.25, 0.3) is 0 Å². The van der Waals surface area contributed by atoms with Crippen LogP contribution in [0.4, 0.5) is 0 Å². The van der Waals surface area contributed by atoms with Crippen LogP contribution >= 0.6 is 11.6 Å². The molecule has 0 saturated carbocycles. The predicted molar refractivity (Wildman–Crippen MR) is 122 cm³/mol. The summed E-state index contributed by atoms with van der Waals surface area (Å²) in [4.78, 5) is 16.9. The van der Waals surface area contributed by atoms with Crippen molar-refractivity contribution < 1.29 is 23.7 Å². The van der Waals surface area contributed by atoms with Crippen molar-refractivity contribution in [2.24, 2.45) is 0 Å². The van der Waals surface area contributed by atoms with Gasteiger partial charge in [-0.05, 0) is 43.7 Å². The quantitative estimate of drug-likeness (QED) is 0.448. The SMILES string of the molecule is CCOc1ccccc1Oc1ccc(CNC(=O)c2cc(Cl)c(OCC)c(OC)c2)cn1. The number of amides is 1. The lowest BCUT2D eigenvalue weighted by Gasteiger charge is -2.13. The molecule has 0 aliphatic rings. The second kappa shape index (κ2) is 11.2. The highest BCUT2D eigenvalue weighted by atomic mass is 35.5. The molecule has 0 radical (unpaired) electrons. The van der Waals surface area contributed by atoms with Crippen LogP contribution in [0, 0.1) is 0 Å². The minimum Gasteiger partial charge on any atom is -0.493 e. The molecule has 3 rings (SSSR count).